The van der Waals surface area contributed by atoms with Gasteiger partial charge in [0, 0.05) is 17.7 Å². The van der Waals surface area contributed by atoms with Crippen molar-refractivity contribution in [2.24, 2.45) is 0 Å². The number of anilines is 2. The summed E-state index contributed by atoms with van der Waals surface area (Å²) in [6, 6.07) is 29.5. The maximum absolute atomic E-state index is 14.0. The summed E-state index contributed by atoms with van der Waals surface area (Å²) in [6.07, 6.45) is 1.06. The van der Waals surface area contributed by atoms with Gasteiger partial charge in [-0.2, -0.15) is 0 Å². The standard InChI is InChI=1S/C35H34N2O5/c1-39-30-15-13-23(19-32(30)41-3)25-17-28-34(29(38)18-25)35(37-27-12-8-7-11-26(27)36-28)24-14-16-31(40-2)33(20-24)42-21-22-9-5-4-6-10-22/h4-16,19-20,25,35-37H,17-18,21H2,1-3H3/t25-,35-/m0/s1. The number of methoxy groups -OCH3 is 3. The summed E-state index contributed by atoms with van der Waals surface area (Å²) in [5.41, 5.74) is 6.53. The molecule has 2 N–H and O–H groups in total. The lowest BCUT2D eigenvalue weighted by Gasteiger charge is -2.30. The molecule has 0 radical (unpaired) electrons. The van der Waals surface area contributed by atoms with Gasteiger partial charge in [-0.25, -0.2) is 0 Å². The molecule has 1 aliphatic heterocycles. The largest absolute Gasteiger partial charge is 0.493 e. The van der Waals surface area contributed by atoms with Gasteiger partial charge in [-0.15, -0.1) is 0 Å². The van der Waals surface area contributed by atoms with Crippen LogP contribution >= 0.6 is 0 Å². The van der Waals surface area contributed by atoms with E-state index >= 15 is 0 Å². The van der Waals surface area contributed by atoms with E-state index in [0.717, 1.165) is 39.3 Å². The number of carbonyl (C=O) groups excluding carboxylic acids is 1. The predicted molar refractivity (Wildman–Crippen MR) is 164 cm³/mol. The van der Waals surface area contributed by atoms with E-state index in [1.807, 2.05) is 91.0 Å². The van der Waals surface area contributed by atoms with E-state index in [-0.39, 0.29) is 17.7 Å². The van der Waals surface area contributed by atoms with Crippen molar-refractivity contribution in [1.29, 1.82) is 0 Å². The molecule has 0 saturated carbocycles. The number of rotatable bonds is 8. The average Bonchev–Trinajstić information content (AvgIpc) is 3.21. The maximum atomic E-state index is 14.0. The highest BCUT2D eigenvalue weighted by atomic mass is 16.5. The number of hydrogen-bond acceptors (Lipinski definition) is 7. The predicted octanol–water partition coefficient (Wildman–Crippen LogP) is 7.27. The second-order valence-corrected chi connectivity index (χ2v) is 10.5. The van der Waals surface area contributed by atoms with E-state index in [9.17, 15) is 4.79 Å². The highest BCUT2D eigenvalue weighted by molar-refractivity contribution is 6.01. The lowest BCUT2D eigenvalue weighted by molar-refractivity contribution is -0.116. The minimum absolute atomic E-state index is 0.00453. The topological polar surface area (TPSA) is 78.1 Å². The van der Waals surface area contributed by atoms with Crippen LogP contribution in [0, 0.1) is 0 Å². The zero-order chi connectivity index (χ0) is 29.1. The summed E-state index contributed by atoms with van der Waals surface area (Å²) in [5.74, 6) is 2.67. The highest BCUT2D eigenvalue weighted by Crippen LogP contribution is 2.46. The van der Waals surface area contributed by atoms with Crippen molar-refractivity contribution in [2.45, 2.75) is 31.4 Å². The monoisotopic (exact) mass is 562 g/mol. The van der Waals surface area contributed by atoms with E-state index in [2.05, 4.69) is 10.6 Å². The van der Waals surface area contributed by atoms with Crippen LogP contribution in [0.25, 0.3) is 0 Å². The number of hydrogen-bond donors (Lipinski definition) is 2. The molecule has 7 nitrogen and oxygen atoms in total. The van der Waals surface area contributed by atoms with E-state index < -0.39 is 0 Å². The zero-order valence-electron chi connectivity index (χ0n) is 24.0. The maximum Gasteiger partial charge on any atom is 0.163 e. The summed E-state index contributed by atoms with van der Waals surface area (Å²) < 4.78 is 22.8. The van der Waals surface area contributed by atoms with Gasteiger partial charge in [0.25, 0.3) is 0 Å². The van der Waals surface area contributed by atoms with Gasteiger partial charge in [0.05, 0.1) is 38.7 Å². The summed E-state index contributed by atoms with van der Waals surface area (Å²) in [5, 5.41) is 7.27. The van der Waals surface area contributed by atoms with Crippen LogP contribution in [0.1, 0.15) is 41.5 Å². The lowest BCUT2D eigenvalue weighted by atomic mass is 9.78. The molecule has 42 heavy (non-hydrogen) atoms. The van der Waals surface area contributed by atoms with E-state index in [4.69, 9.17) is 18.9 Å². The fourth-order valence-electron chi connectivity index (χ4n) is 5.81. The third-order valence-electron chi connectivity index (χ3n) is 7.95. The second-order valence-electron chi connectivity index (χ2n) is 10.5. The first kappa shape index (κ1) is 27.3. The third-order valence-corrected chi connectivity index (χ3v) is 7.95. The quantitative estimate of drug-likeness (QED) is 0.234. The number of allylic oxidation sites excluding steroid dienone is 1. The molecule has 0 saturated heterocycles. The third kappa shape index (κ3) is 5.38. The minimum atomic E-state index is -0.375. The van der Waals surface area contributed by atoms with Gasteiger partial charge in [0.1, 0.15) is 6.61 Å². The Morgan fingerprint density at radius 2 is 1.33 bits per heavy atom. The smallest absolute Gasteiger partial charge is 0.163 e. The molecule has 4 aromatic carbocycles. The van der Waals surface area contributed by atoms with Crippen molar-refractivity contribution in [3.63, 3.8) is 0 Å². The van der Waals surface area contributed by atoms with Crippen LogP contribution < -0.4 is 29.6 Å². The van der Waals surface area contributed by atoms with Crippen molar-refractivity contribution < 1.29 is 23.7 Å². The highest BCUT2D eigenvalue weighted by Gasteiger charge is 2.36. The molecule has 1 aliphatic carbocycles. The summed E-state index contributed by atoms with van der Waals surface area (Å²) in [7, 11) is 4.88. The van der Waals surface area contributed by atoms with Gasteiger partial charge in [-0.05, 0) is 65.4 Å². The zero-order valence-corrected chi connectivity index (χ0v) is 24.0. The Morgan fingerprint density at radius 1 is 0.690 bits per heavy atom. The van der Waals surface area contributed by atoms with E-state index in [1.165, 1.54) is 0 Å². The molecule has 2 aliphatic rings. The fraction of sp³-hybridized carbons (Fsp3) is 0.229. The SMILES string of the molecule is COc1ccc([C@@H]2CC(=O)C3=C(C2)Nc2ccccc2N[C@H]3c2ccc(OC)c(OCc3ccccc3)c2)cc1OC. The molecule has 214 valence electrons. The summed E-state index contributed by atoms with van der Waals surface area (Å²) in [6.45, 7) is 0.406. The Morgan fingerprint density at radius 3 is 2.07 bits per heavy atom. The molecule has 0 unspecified atom stereocenters. The van der Waals surface area contributed by atoms with Gasteiger partial charge >= 0.3 is 0 Å². The van der Waals surface area contributed by atoms with Crippen molar-refractivity contribution in [3.8, 4) is 23.0 Å². The van der Waals surface area contributed by atoms with Crippen LogP contribution in [0.2, 0.25) is 0 Å². The van der Waals surface area contributed by atoms with Gasteiger partial charge in [-0.1, -0.05) is 54.6 Å². The fourth-order valence-corrected chi connectivity index (χ4v) is 5.81. The molecule has 0 aromatic heterocycles. The van der Waals surface area contributed by atoms with Crippen molar-refractivity contribution in [3.05, 3.63) is 119 Å². The van der Waals surface area contributed by atoms with Crippen LogP contribution in [0.15, 0.2) is 102 Å². The normalized spacial score (nSPS) is 17.6. The number of Topliss-reactive ketones (excluding diaryl/α,β-unsaturated/α-hetero) is 1. The van der Waals surface area contributed by atoms with E-state index in [1.54, 1.807) is 21.3 Å². The molecular formula is C35H34N2O5. The molecule has 0 amide bonds. The van der Waals surface area contributed by atoms with Crippen LogP contribution in [-0.4, -0.2) is 27.1 Å². The van der Waals surface area contributed by atoms with Gasteiger partial charge in [0.15, 0.2) is 28.8 Å². The number of nitrogens with one attached hydrogen (secondary N) is 2. The number of fused-ring (bicyclic) bond motifs is 1. The van der Waals surface area contributed by atoms with Crippen LogP contribution in [-0.2, 0) is 11.4 Å². The number of ether oxygens (including phenoxy) is 4. The molecule has 4 aromatic rings. The first-order valence-corrected chi connectivity index (χ1v) is 14.0. The molecule has 0 spiro atoms. The van der Waals surface area contributed by atoms with Crippen molar-refractivity contribution in [1.82, 2.24) is 0 Å². The Labute approximate surface area is 246 Å². The molecular weight excluding hydrogens is 528 g/mol. The molecule has 7 heteroatoms. The number of para-hydroxylation sites is 2. The Bertz CT molecular complexity index is 1630. The Kier molecular flexibility index (Phi) is 7.73. The van der Waals surface area contributed by atoms with Crippen molar-refractivity contribution >= 4 is 17.2 Å². The van der Waals surface area contributed by atoms with E-state index in [0.29, 0.717) is 42.4 Å². The first-order chi connectivity index (χ1) is 20.6. The molecule has 6 rings (SSSR count). The summed E-state index contributed by atoms with van der Waals surface area (Å²) in [4.78, 5) is 14.0. The first-order valence-electron chi connectivity index (χ1n) is 14.0. The lowest BCUT2D eigenvalue weighted by Crippen LogP contribution is -2.27. The van der Waals surface area contributed by atoms with Gasteiger partial charge in [-0.3, -0.25) is 4.79 Å². The van der Waals surface area contributed by atoms with Gasteiger partial charge in [0.2, 0.25) is 0 Å². The van der Waals surface area contributed by atoms with Crippen LogP contribution in [0.5, 0.6) is 23.0 Å². The second kappa shape index (κ2) is 11.9. The van der Waals surface area contributed by atoms with Gasteiger partial charge < -0.3 is 29.6 Å². The molecule has 1 heterocycles. The van der Waals surface area contributed by atoms with Crippen LogP contribution in [0.4, 0.5) is 11.4 Å². The Balaban J connectivity index is 1.38. The molecule has 2 atom stereocenters. The van der Waals surface area contributed by atoms with Crippen LogP contribution in [0.3, 0.4) is 0 Å². The van der Waals surface area contributed by atoms with Crippen molar-refractivity contribution in [2.75, 3.05) is 32.0 Å². The number of ketones is 1. The minimum Gasteiger partial charge on any atom is -0.493 e. The number of benzene rings is 4. The molecule has 0 bridgehead atoms. The molecule has 0 fully saturated rings. The summed E-state index contributed by atoms with van der Waals surface area (Å²) >= 11 is 0. The Hall–Kier alpha value is -4.91. The number of carbonyl (C=O) groups is 1. The average molecular weight is 563 g/mol.